The van der Waals surface area contributed by atoms with E-state index in [1.807, 2.05) is 11.0 Å². The number of fused-ring (bicyclic) bond motifs is 1. The fourth-order valence-electron chi connectivity index (χ4n) is 4.89. The molecule has 37 heavy (non-hydrogen) atoms. The van der Waals surface area contributed by atoms with E-state index in [-0.39, 0.29) is 24.6 Å². The molecule has 1 atom stereocenters. The molecule has 3 heterocycles. The number of carboxylic acids is 1. The van der Waals surface area contributed by atoms with Gasteiger partial charge >= 0.3 is 12.1 Å². The number of benzene rings is 2. The number of carboxylic acid groups (broad SMARTS) is 1. The van der Waals surface area contributed by atoms with Crippen LogP contribution in [0, 0.1) is 5.92 Å². The molecule has 0 radical (unpaired) electrons. The Kier molecular flexibility index (Phi) is 6.96. The number of amides is 1. The summed E-state index contributed by atoms with van der Waals surface area (Å²) < 4.78 is 46.8. The van der Waals surface area contributed by atoms with E-state index in [2.05, 4.69) is 0 Å². The Morgan fingerprint density at radius 3 is 2.57 bits per heavy atom. The average Bonchev–Trinajstić information content (AvgIpc) is 3.61. The van der Waals surface area contributed by atoms with Gasteiger partial charge in [0, 0.05) is 29.2 Å². The Balaban J connectivity index is 1.24. The molecule has 1 unspecified atom stereocenters. The maximum atomic E-state index is 13.7. The first-order valence-corrected chi connectivity index (χ1v) is 12.8. The quantitative estimate of drug-likeness (QED) is 0.449. The Morgan fingerprint density at radius 1 is 1.08 bits per heavy atom. The lowest BCUT2D eigenvalue weighted by atomic mass is 10.1. The average molecular weight is 531 g/mol. The van der Waals surface area contributed by atoms with Crippen LogP contribution in [0.2, 0.25) is 0 Å². The van der Waals surface area contributed by atoms with Gasteiger partial charge < -0.3 is 14.7 Å². The van der Waals surface area contributed by atoms with Gasteiger partial charge in [0.2, 0.25) is 5.91 Å². The predicted octanol–water partition coefficient (Wildman–Crippen LogP) is 5.31. The molecule has 1 saturated heterocycles. The monoisotopic (exact) mass is 530 g/mol. The van der Waals surface area contributed by atoms with E-state index in [9.17, 15) is 22.8 Å². The van der Waals surface area contributed by atoms with Gasteiger partial charge in [-0.15, -0.1) is 11.3 Å². The van der Waals surface area contributed by atoms with Crippen molar-refractivity contribution in [3.8, 4) is 16.9 Å². The number of nitrogens with zero attached hydrogens (tertiary/aromatic N) is 2. The minimum Gasteiger partial charge on any atom is -0.488 e. The number of thiophene rings is 1. The van der Waals surface area contributed by atoms with Gasteiger partial charge in [-0.05, 0) is 54.8 Å². The maximum Gasteiger partial charge on any atom is 0.426 e. The molecule has 0 bridgehead atoms. The lowest BCUT2D eigenvalue weighted by molar-refractivity contribution is -0.141. The second kappa shape index (κ2) is 10.2. The third kappa shape index (κ3) is 5.50. The second-order valence-corrected chi connectivity index (χ2v) is 10.4. The van der Waals surface area contributed by atoms with Crippen LogP contribution in [0.1, 0.15) is 21.7 Å². The number of rotatable bonds is 7. The van der Waals surface area contributed by atoms with Crippen molar-refractivity contribution in [2.45, 2.75) is 25.6 Å². The Bertz CT molecular complexity index is 1310. The molecule has 194 valence electrons. The first kappa shape index (κ1) is 25.3. The highest BCUT2D eigenvalue weighted by Crippen LogP contribution is 2.43. The highest BCUT2D eigenvalue weighted by molar-refractivity contribution is 7.12. The normalized spacial score (nSPS) is 17.7. The van der Waals surface area contributed by atoms with Crippen LogP contribution in [0.15, 0.2) is 54.6 Å². The van der Waals surface area contributed by atoms with Crippen molar-refractivity contribution in [1.82, 2.24) is 4.90 Å². The summed E-state index contributed by atoms with van der Waals surface area (Å²) in [6.07, 6.45) is -3.27. The number of likely N-dealkylation sites (tertiary alicyclic amines) is 1. The molecule has 1 fully saturated rings. The van der Waals surface area contributed by atoms with E-state index in [1.165, 1.54) is 6.07 Å². The van der Waals surface area contributed by atoms with Gasteiger partial charge in [0.05, 0.1) is 12.5 Å². The fraction of sp³-hybridized carbons (Fsp3) is 0.333. The van der Waals surface area contributed by atoms with E-state index < -0.39 is 22.9 Å². The molecule has 2 aliphatic heterocycles. The van der Waals surface area contributed by atoms with Gasteiger partial charge in [-0.2, -0.15) is 13.2 Å². The minimum atomic E-state index is -4.46. The predicted molar refractivity (Wildman–Crippen MR) is 134 cm³/mol. The molecule has 1 aromatic heterocycles. The summed E-state index contributed by atoms with van der Waals surface area (Å²) in [5.74, 6) is -0.814. The van der Waals surface area contributed by atoms with E-state index in [4.69, 9.17) is 9.84 Å². The topological polar surface area (TPSA) is 70.1 Å². The highest BCUT2D eigenvalue weighted by atomic mass is 32.1. The summed E-state index contributed by atoms with van der Waals surface area (Å²) in [6.45, 7) is 1.65. The number of alkyl halides is 3. The number of hydrogen-bond donors (Lipinski definition) is 1. The Hall–Kier alpha value is -3.37. The first-order chi connectivity index (χ1) is 17.7. The molecule has 5 rings (SSSR count). The van der Waals surface area contributed by atoms with Crippen molar-refractivity contribution < 1.29 is 32.6 Å². The number of hydrogen-bond acceptors (Lipinski definition) is 5. The zero-order valence-electron chi connectivity index (χ0n) is 19.8. The lowest BCUT2D eigenvalue weighted by Gasteiger charge is -2.21. The highest BCUT2D eigenvalue weighted by Gasteiger charge is 2.36. The number of anilines is 1. The molecule has 10 heteroatoms. The second-order valence-electron chi connectivity index (χ2n) is 9.25. The lowest BCUT2D eigenvalue weighted by Crippen LogP contribution is -2.39. The molecule has 0 aliphatic carbocycles. The van der Waals surface area contributed by atoms with Crippen molar-refractivity contribution in [3.05, 3.63) is 69.9 Å². The molecule has 1 amide bonds. The molecule has 1 N–H and O–H groups in total. The van der Waals surface area contributed by atoms with Crippen LogP contribution in [-0.2, 0) is 28.8 Å². The van der Waals surface area contributed by atoms with Gasteiger partial charge in [0.25, 0.3) is 0 Å². The van der Waals surface area contributed by atoms with E-state index in [1.54, 1.807) is 47.4 Å². The van der Waals surface area contributed by atoms with E-state index >= 15 is 0 Å². The molecule has 0 saturated carbocycles. The van der Waals surface area contributed by atoms with Gasteiger partial charge in [0.1, 0.15) is 17.2 Å². The van der Waals surface area contributed by atoms with Crippen LogP contribution in [0.25, 0.3) is 11.1 Å². The molecular formula is C27H25F3N2O4S. The Labute approximate surface area is 215 Å². The van der Waals surface area contributed by atoms with Gasteiger partial charge in [-0.3, -0.25) is 14.5 Å². The molecule has 2 aromatic carbocycles. The largest absolute Gasteiger partial charge is 0.488 e. The van der Waals surface area contributed by atoms with Gasteiger partial charge in [-0.25, -0.2) is 0 Å². The number of halogens is 3. The SMILES string of the molecule is O=C(O)C1CCN(CC(=O)N2CCc3cc(OCc4cc(-c5ccccc5)c(C(F)(F)F)s4)ccc32)C1. The van der Waals surface area contributed by atoms with Crippen LogP contribution in [0.4, 0.5) is 18.9 Å². The third-order valence-corrected chi connectivity index (χ3v) is 7.89. The molecular weight excluding hydrogens is 505 g/mol. The molecule has 6 nitrogen and oxygen atoms in total. The van der Waals surface area contributed by atoms with E-state index in [0.29, 0.717) is 60.0 Å². The van der Waals surface area contributed by atoms with Crippen molar-refractivity contribution in [1.29, 1.82) is 0 Å². The summed E-state index contributed by atoms with van der Waals surface area (Å²) in [7, 11) is 0. The summed E-state index contributed by atoms with van der Waals surface area (Å²) in [5, 5.41) is 9.17. The van der Waals surface area contributed by atoms with Gasteiger partial charge in [-0.1, -0.05) is 30.3 Å². The van der Waals surface area contributed by atoms with Crippen LogP contribution in [-0.4, -0.2) is 48.1 Å². The van der Waals surface area contributed by atoms with Gasteiger partial charge in [0.15, 0.2) is 0 Å². The summed E-state index contributed by atoms with van der Waals surface area (Å²) in [4.78, 5) is 27.5. The zero-order chi connectivity index (χ0) is 26.2. The molecule has 0 spiro atoms. The van der Waals surface area contributed by atoms with E-state index in [0.717, 1.165) is 11.3 Å². The molecule has 2 aliphatic rings. The number of ether oxygens (including phenoxy) is 1. The van der Waals surface area contributed by atoms with Crippen molar-refractivity contribution in [2.75, 3.05) is 31.1 Å². The van der Waals surface area contributed by atoms with Crippen LogP contribution in [0.3, 0.4) is 0 Å². The van der Waals surface area contributed by atoms with Crippen molar-refractivity contribution in [2.24, 2.45) is 5.92 Å². The number of carbonyl (C=O) groups is 2. The Morgan fingerprint density at radius 2 is 1.86 bits per heavy atom. The van der Waals surface area contributed by atoms with Crippen LogP contribution < -0.4 is 9.64 Å². The summed E-state index contributed by atoms with van der Waals surface area (Å²) >= 11 is 0.683. The van der Waals surface area contributed by atoms with Crippen LogP contribution >= 0.6 is 11.3 Å². The molecule has 3 aromatic rings. The third-order valence-electron chi connectivity index (χ3n) is 6.73. The fourth-order valence-corrected chi connectivity index (χ4v) is 5.85. The number of carbonyl (C=O) groups excluding carboxylic acids is 1. The summed E-state index contributed by atoms with van der Waals surface area (Å²) in [6, 6.07) is 15.4. The standard InChI is InChI=1S/C27H25F3N2O4S/c28-27(29,30)25-22(17-4-2-1-3-5-17)13-21(37-25)16-36-20-6-7-23-18(12-20)9-11-32(23)24(33)15-31-10-8-19(14-31)26(34)35/h1-7,12-13,19H,8-11,14-16H2,(H,34,35). The first-order valence-electron chi connectivity index (χ1n) is 12.0. The maximum absolute atomic E-state index is 13.7. The smallest absolute Gasteiger partial charge is 0.426 e. The summed E-state index contributed by atoms with van der Waals surface area (Å²) in [5.41, 5.74) is 2.37. The van der Waals surface area contributed by atoms with Crippen LogP contribution in [0.5, 0.6) is 5.75 Å². The van der Waals surface area contributed by atoms with Crippen molar-refractivity contribution >= 4 is 28.9 Å². The van der Waals surface area contributed by atoms with Crippen molar-refractivity contribution in [3.63, 3.8) is 0 Å². The zero-order valence-corrected chi connectivity index (χ0v) is 20.6. The minimum absolute atomic E-state index is 0.00170. The number of aliphatic carboxylic acids is 1.